The molecule has 2 amide bonds. The van der Waals surface area contributed by atoms with Crippen LogP contribution in [-0.4, -0.2) is 42.8 Å². The van der Waals surface area contributed by atoms with Gasteiger partial charge in [-0.2, -0.15) is 0 Å². The second kappa shape index (κ2) is 6.54. The van der Waals surface area contributed by atoms with E-state index in [1.54, 1.807) is 48.5 Å². The van der Waals surface area contributed by atoms with Gasteiger partial charge in [0, 0.05) is 5.56 Å². The Kier molecular flexibility index (Phi) is 4.29. The minimum absolute atomic E-state index is 0.266. The fourth-order valence-corrected chi connectivity index (χ4v) is 2.44. The zero-order chi connectivity index (χ0) is 17.1. The van der Waals surface area contributed by atoms with Gasteiger partial charge in [-0.3, -0.25) is 19.3 Å². The summed E-state index contributed by atoms with van der Waals surface area (Å²) in [5.41, 5.74) is 0.634. The highest BCUT2D eigenvalue weighted by Crippen LogP contribution is 2.23. The van der Waals surface area contributed by atoms with E-state index in [-0.39, 0.29) is 24.5 Å². The molecule has 0 radical (unpaired) electrons. The first kappa shape index (κ1) is 15.7. The first-order valence-electron chi connectivity index (χ1n) is 7.34. The van der Waals surface area contributed by atoms with Crippen LogP contribution in [0.25, 0.3) is 0 Å². The average molecular weight is 325 g/mol. The second-order valence-corrected chi connectivity index (χ2v) is 5.23. The lowest BCUT2D eigenvalue weighted by Crippen LogP contribution is -2.41. The molecular formula is C18H15NO5. The highest BCUT2D eigenvalue weighted by atomic mass is 16.5. The van der Waals surface area contributed by atoms with Gasteiger partial charge in [-0.05, 0) is 24.3 Å². The van der Waals surface area contributed by atoms with Crippen molar-refractivity contribution in [1.82, 2.24) is 4.90 Å². The Hall–Kier alpha value is -3.15. The lowest BCUT2D eigenvalue weighted by atomic mass is 10.1. The number of imide groups is 1. The van der Waals surface area contributed by atoms with Crippen LogP contribution < -0.4 is 9.47 Å². The van der Waals surface area contributed by atoms with Crippen LogP contribution in [0.1, 0.15) is 20.7 Å². The monoisotopic (exact) mass is 325 g/mol. The fourth-order valence-electron chi connectivity index (χ4n) is 2.44. The van der Waals surface area contributed by atoms with E-state index in [4.69, 9.17) is 9.47 Å². The maximum absolute atomic E-state index is 12.6. The first-order chi connectivity index (χ1) is 11.6. The minimum Gasteiger partial charge on any atom is -0.497 e. The van der Waals surface area contributed by atoms with Crippen molar-refractivity contribution in [3.05, 3.63) is 59.7 Å². The van der Waals surface area contributed by atoms with Gasteiger partial charge in [0.2, 0.25) is 0 Å². The van der Waals surface area contributed by atoms with Crippen LogP contribution in [0.15, 0.2) is 48.5 Å². The summed E-state index contributed by atoms with van der Waals surface area (Å²) in [6, 6.07) is 13.2. The number of ketones is 1. The van der Waals surface area contributed by atoms with E-state index in [1.807, 2.05) is 0 Å². The summed E-state index contributed by atoms with van der Waals surface area (Å²) < 4.78 is 10.4. The van der Waals surface area contributed by atoms with Crippen LogP contribution in [0, 0.1) is 0 Å². The van der Waals surface area contributed by atoms with Crippen LogP contribution in [0.3, 0.4) is 0 Å². The van der Waals surface area contributed by atoms with Gasteiger partial charge in [-0.25, -0.2) is 0 Å². The van der Waals surface area contributed by atoms with Gasteiger partial charge in [0.15, 0.2) is 12.4 Å². The second-order valence-electron chi connectivity index (χ2n) is 5.23. The third kappa shape index (κ3) is 2.99. The predicted molar refractivity (Wildman–Crippen MR) is 85.3 cm³/mol. The molecule has 24 heavy (non-hydrogen) atoms. The molecule has 0 unspecified atom stereocenters. The van der Waals surface area contributed by atoms with Crippen molar-refractivity contribution in [3.8, 4) is 11.5 Å². The number of benzene rings is 2. The number of ether oxygens (including phenoxy) is 2. The molecule has 6 heteroatoms. The normalized spacial score (nSPS) is 13.8. The topological polar surface area (TPSA) is 72.9 Å². The number of amides is 2. The number of carbonyl (C=O) groups excluding carboxylic acids is 3. The van der Waals surface area contributed by atoms with E-state index in [2.05, 4.69) is 0 Å². The number of rotatable bonds is 4. The van der Waals surface area contributed by atoms with E-state index in [9.17, 15) is 14.4 Å². The van der Waals surface area contributed by atoms with Gasteiger partial charge >= 0.3 is 0 Å². The highest BCUT2D eigenvalue weighted by Gasteiger charge is 2.31. The standard InChI is InChI=1S/C18H15NO5/c1-23-13-6-4-5-12(9-13)15(20)10-19-17(21)11-24-16-8-3-2-7-14(16)18(19)22/h2-9H,10-11H2,1H3. The first-order valence-corrected chi connectivity index (χ1v) is 7.34. The lowest BCUT2D eigenvalue weighted by Gasteiger charge is -2.17. The molecule has 0 bridgehead atoms. The molecule has 0 saturated carbocycles. The zero-order valence-corrected chi connectivity index (χ0v) is 13.0. The summed E-state index contributed by atoms with van der Waals surface area (Å²) >= 11 is 0. The smallest absolute Gasteiger partial charge is 0.267 e. The Balaban J connectivity index is 1.86. The van der Waals surface area contributed by atoms with Crippen molar-refractivity contribution >= 4 is 17.6 Å². The molecule has 1 aliphatic rings. The van der Waals surface area contributed by atoms with E-state index in [0.717, 1.165) is 4.90 Å². The molecule has 3 rings (SSSR count). The SMILES string of the molecule is COc1cccc(C(=O)CN2C(=O)COc3ccccc3C2=O)c1. The summed E-state index contributed by atoms with van der Waals surface area (Å²) in [4.78, 5) is 38.1. The quantitative estimate of drug-likeness (QED) is 0.634. The molecule has 0 spiro atoms. The minimum atomic E-state index is -0.549. The average Bonchev–Trinajstić information content (AvgIpc) is 2.74. The van der Waals surface area contributed by atoms with E-state index in [1.165, 1.54) is 7.11 Å². The fraction of sp³-hybridized carbons (Fsp3) is 0.167. The molecule has 1 aliphatic heterocycles. The van der Waals surface area contributed by atoms with E-state index < -0.39 is 11.8 Å². The molecule has 0 atom stereocenters. The Labute approximate surface area is 138 Å². The molecule has 0 N–H and O–H groups in total. The molecule has 1 heterocycles. The third-order valence-corrected chi connectivity index (χ3v) is 3.71. The molecule has 2 aromatic carbocycles. The number of para-hydroxylation sites is 1. The molecule has 0 aromatic heterocycles. The maximum Gasteiger partial charge on any atom is 0.267 e. The number of hydrogen-bond donors (Lipinski definition) is 0. The van der Waals surface area contributed by atoms with E-state index in [0.29, 0.717) is 17.1 Å². The number of fused-ring (bicyclic) bond motifs is 1. The van der Waals surface area contributed by atoms with Crippen LogP contribution in [0.4, 0.5) is 0 Å². The highest BCUT2D eigenvalue weighted by molar-refractivity contribution is 6.11. The number of Topliss-reactive ketones (excluding diaryl/α,β-unsaturated/α-hetero) is 1. The molecule has 0 aliphatic carbocycles. The van der Waals surface area contributed by atoms with Crippen LogP contribution in [0.2, 0.25) is 0 Å². The molecule has 2 aromatic rings. The molecule has 122 valence electrons. The van der Waals surface area contributed by atoms with Crippen molar-refractivity contribution < 1.29 is 23.9 Å². The molecule has 6 nitrogen and oxygen atoms in total. The molecule has 0 saturated heterocycles. The number of hydrogen-bond acceptors (Lipinski definition) is 5. The van der Waals surface area contributed by atoms with Crippen molar-refractivity contribution in [2.45, 2.75) is 0 Å². The Morgan fingerprint density at radius 3 is 2.75 bits per heavy atom. The summed E-state index contributed by atoms with van der Waals surface area (Å²) in [7, 11) is 1.50. The van der Waals surface area contributed by atoms with Crippen molar-refractivity contribution in [1.29, 1.82) is 0 Å². The van der Waals surface area contributed by atoms with Gasteiger partial charge in [-0.1, -0.05) is 24.3 Å². The number of nitrogens with zero attached hydrogens (tertiary/aromatic N) is 1. The van der Waals surface area contributed by atoms with Crippen molar-refractivity contribution in [2.75, 3.05) is 20.3 Å². The lowest BCUT2D eigenvalue weighted by molar-refractivity contribution is -0.129. The summed E-state index contributed by atoms with van der Waals surface area (Å²) in [6.45, 7) is -0.628. The zero-order valence-electron chi connectivity index (χ0n) is 13.0. The maximum atomic E-state index is 12.6. The predicted octanol–water partition coefficient (Wildman–Crippen LogP) is 1.94. The number of carbonyl (C=O) groups is 3. The van der Waals surface area contributed by atoms with Gasteiger partial charge in [0.25, 0.3) is 11.8 Å². The number of methoxy groups -OCH3 is 1. The summed E-state index contributed by atoms with van der Waals surface area (Å²) in [5.74, 6) is -0.568. The van der Waals surface area contributed by atoms with Crippen molar-refractivity contribution in [2.24, 2.45) is 0 Å². The van der Waals surface area contributed by atoms with Crippen LogP contribution in [0.5, 0.6) is 11.5 Å². The Morgan fingerprint density at radius 1 is 1.17 bits per heavy atom. The van der Waals surface area contributed by atoms with Crippen LogP contribution >= 0.6 is 0 Å². The van der Waals surface area contributed by atoms with Crippen LogP contribution in [-0.2, 0) is 4.79 Å². The Morgan fingerprint density at radius 2 is 1.96 bits per heavy atom. The van der Waals surface area contributed by atoms with Gasteiger partial charge < -0.3 is 9.47 Å². The summed E-state index contributed by atoms with van der Waals surface area (Å²) in [6.07, 6.45) is 0. The molecular weight excluding hydrogens is 310 g/mol. The summed E-state index contributed by atoms with van der Waals surface area (Å²) in [5, 5.41) is 0. The Bertz CT molecular complexity index is 815. The largest absolute Gasteiger partial charge is 0.497 e. The third-order valence-electron chi connectivity index (χ3n) is 3.71. The van der Waals surface area contributed by atoms with Gasteiger partial charge in [0.1, 0.15) is 11.5 Å². The van der Waals surface area contributed by atoms with Gasteiger partial charge in [0.05, 0.1) is 19.2 Å². The van der Waals surface area contributed by atoms with Crippen molar-refractivity contribution in [3.63, 3.8) is 0 Å². The van der Waals surface area contributed by atoms with E-state index >= 15 is 0 Å². The molecule has 0 fully saturated rings. The van der Waals surface area contributed by atoms with Gasteiger partial charge in [-0.15, -0.1) is 0 Å².